The van der Waals surface area contributed by atoms with Gasteiger partial charge in [0.25, 0.3) is 5.91 Å². The van der Waals surface area contributed by atoms with Crippen LogP contribution in [0.5, 0.6) is 0 Å². The summed E-state index contributed by atoms with van der Waals surface area (Å²) in [4.78, 5) is 12.0. The normalized spacial score (nSPS) is 18.4. The van der Waals surface area contributed by atoms with E-state index >= 15 is 4.39 Å². The molecular formula is C71H86F4N10O. The van der Waals surface area contributed by atoms with E-state index in [1.54, 1.807) is 4.68 Å². The summed E-state index contributed by atoms with van der Waals surface area (Å²) in [5.41, 5.74) is 23.2. The van der Waals surface area contributed by atoms with E-state index in [2.05, 4.69) is 83.1 Å². The van der Waals surface area contributed by atoms with Gasteiger partial charge in [-0.1, -0.05) is 161 Å². The van der Waals surface area contributed by atoms with E-state index in [0.29, 0.717) is 41.2 Å². The number of allylic oxidation sites excluding steroid dienone is 3. The molecule has 454 valence electrons. The van der Waals surface area contributed by atoms with Crippen molar-refractivity contribution >= 4 is 24.1 Å². The van der Waals surface area contributed by atoms with Crippen LogP contribution >= 0.6 is 0 Å². The molecule has 1 amide bonds. The van der Waals surface area contributed by atoms with Gasteiger partial charge in [-0.15, -0.1) is 0 Å². The average molecular weight is 1170 g/mol. The Hall–Kier alpha value is -7.36. The molecule has 12 rings (SSSR count). The van der Waals surface area contributed by atoms with Crippen LogP contribution in [-0.4, -0.2) is 41.3 Å². The molecule has 0 saturated heterocycles. The van der Waals surface area contributed by atoms with Crippen LogP contribution < -0.4 is 11.5 Å². The number of carbonyl (C=O) groups is 1. The molecule has 0 unspecified atom stereocenters. The summed E-state index contributed by atoms with van der Waals surface area (Å²) in [6.07, 6.45) is 35.4. The van der Waals surface area contributed by atoms with E-state index in [0.717, 1.165) is 113 Å². The number of carbonyl (C=O) groups excluding carboxylic acids is 1. The van der Waals surface area contributed by atoms with Crippen LogP contribution in [0.1, 0.15) is 221 Å². The molecule has 3 heterocycles. The molecule has 0 aliphatic heterocycles. The smallest absolute Gasteiger partial charge is 0.251 e. The number of fused-ring (bicyclic) bond motifs is 3. The number of hydrogen-bond acceptors (Lipinski definition) is 7. The average Bonchev–Trinajstić information content (AvgIpc) is 2.04. The fourth-order valence-electron chi connectivity index (χ4n) is 13.6. The maximum atomic E-state index is 15.0. The van der Waals surface area contributed by atoms with E-state index in [4.69, 9.17) is 26.9 Å². The van der Waals surface area contributed by atoms with Gasteiger partial charge in [-0.05, 0) is 117 Å². The lowest BCUT2D eigenvalue weighted by atomic mass is 9.81. The first-order chi connectivity index (χ1) is 40.8. The van der Waals surface area contributed by atoms with Gasteiger partial charge in [0.2, 0.25) is 0 Å². The van der Waals surface area contributed by atoms with Crippen LogP contribution in [-0.2, 0) is 32.1 Å². The summed E-state index contributed by atoms with van der Waals surface area (Å²) >= 11 is 0. The van der Waals surface area contributed by atoms with Crippen molar-refractivity contribution in [1.29, 1.82) is 10.5 Å². The molecule has 0 radical (unpaired) electrons. The fraction of sp³-hybridized carbons (Fsp3) is 0.493. The van der Waals surface area contributed by atoms with Crippen LogP contribution in [0.3, 0.4) is 0 Å². The highest BCUT2D eigenvalue weighted by Crippen LogP contribution is 2.39. The van der Waals surface area contributed by atoms with Gasteiger partial charge >= 0.3 is 0 Å². The molecule has 15 heteroatoms. The zero-order chi connectivity index (χ0) is 61.8. The summed E-state index contributed by atoms with van der Waals surface area (Å²) in [5.74, 6) is -2.39. The number of nitrogens with two attached hydrogens (primary N) is 2. The van der Waals surface area contributed by atoms with Gasteiger partial charge in [-0.3, -0.25) is 4.79 Å². The summed E-state index contributed by atoms with van der Waals surface area (Å²) in [6, 6.07) is 13.3. The second kappa shape index (κ2) is 26.3. The summed E-state index contributed by atoms with van der Waals surface area (Å²) in [6.45, 7) is 18.8. The Morgan fingerprint density at radius 3 is 1.19 bits per heavy atom. The third-order valence-corrected chi connectivity index (χ3v) is 18.3. The van der Waals surface area contributed by atoms with Gasteiger partial charge in [0, 0.05) is 47.0 Å². The number of hydrogen-bond donors (Lipinski definition) is 2. The number of benzene rings is 3. The predicted molar refractivity (Wildman–Crippen MR) is 334 cm³/mol. The first kappa shape index (κ1) is 63.2. The maximum absolute atomic E-state index is 15.0. The molecule has 4 N–H and O–H groups in total. The van der Waals surface area contributed by atoms with Crippen molar-refractivity contribution in [3.63, 3.8) is 0 Å². The van der Waals surface area contributed by atoms with Crippen LogP contribution in [0.2, 0.25) is 0 Å². The number of rotatable bonds is 8. The molecule has 3 fully saturated rings. The zero-order valence-electron chi connectivity index (χ0n) is 52.0. The van der Waals surface area contributed by atoms with Crippen LogP contribution in [0, 0.1) is 94.8 Å². The Morgan fingerprint density at radius 1 is 0.512 bits per heavy atom. The third kappa shape index (κ3) is 14.5. The van der Waals surface area contributed by atoms with Crippen LogP contribution in [0.15, 0.2) is 54.6 Å². The van der Waals surface area contributed by atoms with Crippen molar-refractivity contribution in [3.8, 4) is 29.2 Å². The number of amides is 1. The lowest BCUT2D eigenvalue weighted by molar-refractivity contribution is 0.0995. The maximum Gasteiger partial charge on any atom is 0.251 e. The number of primary amides is 1. The Balaban J connectivity index is 0.000000147. The Morgan fingerprint density at radius 2 is 0.837 bits per heavy atom. The van der Waals surface area contributed by atoms with E-state index < -0.39 is 34.7 Å². The van der Waals surface area contributed by atoms with Crippen molar-refractivity contribution < 1.29 is 22.4 Å². The Labute approximate surface area is 506 Å². The van der Waals surface area contributed by atoms with E-state index in [1.807, 2.05) is 48.3 Å². The number of nitrogens with zero attached hydrogens (tertiary/aromatic N) is 8. The molecule has 6 aromatic rings. The summed E-state index contributed by atoms with van der Waals surface area (Å²) < 4.78 is 63.0. The minimum absolute atomic E-state index is 0.0217. The zero-order valence-corrected chi connectivity index (χ0v) is 52.0. The van der Waals surface area contributed by atoms with Gasteiger partial charge in [-0.25, -0.2) is 31.6 Å². The van der Waals surface area contributed by atoms with Crippen molar-refractivity contribution in [2.45, 2.75) is 197 Å². The van der Waals surface area contributed by atoms with Crippen LogP contribution in [0.25, 0.3) is 35.3 Å². The molecule has 6 aliphatic carbocycles. The first-order valence-corrected chi connectivity index (χ1v) is 31.2. The van der Waals surface area contributed by atoms with Crippen molar-refractivity contribution in [2.24, 2.45) is 39.5 Å². The molecule has 0 atom stereocenters. The van der Waals surface area contributed by atoms with E-state index in [1.165, 1.54) is 102 Å². The van der Waals surface area contributed by atoms with E-state index in [-0.39, 0.29) is 27.4 Å². The third-order valence-electron chi connectivity index (χ3n) is 18.3. The van der Waals surface area contributed by atoms with Gasteiger partial charge in [0.15, 0.2) is 0 Å². The van der Waals surface area contributed by atoms with Crippen molar-refractivity contribution in [2.75, 3.05) is 0 Å². The molecule has 3 aromatic heterocycles. The predicted octanol–water partition coefficient (Wildman–Crippen LogP) is 16.3. The van der Waals surface area contributed by atoms with Gasteiger partial charge in [-0.2, -0.15) is 25.8 Å². The molecule has 3 saturated carbocycles. The molecular weight excluding hydrogens is 1080 g/mol. The SMILES string of the molecule is Cc1nn(-c2cc(F)c(C#N)c(CC3CCCCC3)c2)c2c1C=CC(C)(C)C2.Cc1nn(-c2cc(F)c(C#N)c(F)c2)c2c1C=CC(C)(C)C2.Cc1nn(-c2cc(F)c(C(N)=O)c(CC3CCCCC3)c2)c2c1C=CC(C)(C)C2.NC1CCCCC1. The van der Waals surface area contributed by atoms with Crippen LogP contribution in [0.4, 0.5) is 17.6 Å². The highest BCUT2D eigenvalue weighted by molar-refractivity contribution is 5.95. The second-order valence-corrected chi connectivity index (χ2v) is 27.2. The Bertz CT molecular complexity index is 3640. The van der Waals surface area contributed by atoms with Gasteiger partial charge in [0.1, 0.15) is 41.0 Å². The Kier molecular flexibility index (Phi) is 19.3. The van der Waals surface area contributed by atoms with Crippen molar-refractivity contribution in [3.05, 3.63) is 157 Å². The van der Waals surface area contributed by atoms with E-state index in [9.17, 15) is 23.2 Å². The fourth-order valence-corrected chi connectivity index (χ4v) is 13.6. The molecule has 3 aromatic carbocycles. The molecule has 86 heavy (non-hydrogen) atoms. The summed E-state index contributed by atoms with van der Waals surface area (Å²) in [7, 11) is 0. The minimum atomic E-state index is -0.870. The lowest BCUT2D eigenvalue weighted by Gasteiger charge is -2.25. The van der Waals surface area contributed by atoms with Gasteiger partial charge in [0.05, 0.1) is 62.4 Å². The molecule has 6 aliphatic rings. The monoisotopic (exact) mass is 1170 g/mol. The van der Waals surface area contributed by atoms with Crippen molar-refractivity contribution in [1.82, 2.24) is 29.3 Å². The highest BCUT2D eigenvalue weighted by Gasteiger charge is 2.31. The largest absolute Gasteiger partial charge is 0.365 e. The number of aromatic nitrogens is 6. The lowest BCUT2D eigenvalue weighted by Crippen LogP contribution is -2.22. The number of halogens is 4. The standard InChI is InChI=1S/C24H30FN3O.C24H28FN3.C17H15F2N3.C6H13N/c1-15-19-9-10-24(2,3)14-21(19)28(27-15)18-12-17(11-16-7-5-4-6-8-16)22(23(26)29)20(25)13-18;1-16-20-9-10-24(2,3)14-23(20)28(27-16)19-12-18(21(15-26)22(25)13-19)11-17-7-5-4-6-8-17;1-10-12-4-5-17(2,3)8-16(12)22(21-10)11-6-14(18)13(9-20)15(19)7-11;7-6-4-2-1-3-5-6/h9-10,12-13,16H,4-8,11,14H2,1-3H3,(H2,26,29);9-10,12-13,17H,4-8,11,14H2,1-3H3;4-7H,8H2,1-3H3;6H,1-5,7H2. The minimum Gasteiger partial charge on any atom is -0.365 e. The quantitative estimate of drug-likeness (QED) is 0.143. The highest BCUT2D eigenvalue weighted by atomic mass is 19.1. The second-order valence-electron chi connectivity index (χ2n) is 27.2. The molecule has 0 spiro atoms. The molecule has 11 nitrogen and oxygen atoms in total. The topological polar surface area (TPSA) is 170 Å². The molecule has 0 bridgehead atoms. The first-order valence-electron chi connectivity index (χ1n) is 31.2. The summed E-state index contributed by atoms with van der Waals surface area (Å²) in [5, 5.41) is 32.2. The number of nitriles is 2. The number of aryl methyl sites for hydroxylation is 3. The van der Waals surface area contributed by atoms with Gasteiger partial charge < -0.3 is 11.5 Å².